The molecule has 4 nitrogen and oxygen atoms in total. The first-order chi connectivity index (χ1) is 8.99. The molecule has 0 aliphatic rings. The number of esters is 1. The van der Waals surface area contributed by atoms with E-state index in [9.17, 15) is 4.79 Å². The summed E-state index contributed by atoms with van der Waals surface area (Å²) in [6.45, 7) is 7.23. The van der Waals surface area contributed by atoms with E-state index in [0.717, 1.165) is 11.3 Å². The molecule has 0 aromatic heterocycles. The molecule has 0 spiro atoms. The van der Waals surface area contributed by atoms with E-state index >= 15 is 0 Å². The van der Waals surface area contributed by atoms with Crippen molar-refractivity contribution in [2.24, 2.45) is 0 Å². The van der Waals surface area contributed by atoms with E-state index in [1.54, 1.807) is 0 Å². The van der Waals surface area contributed by atoms with E-state index in [-0.39, 0.29) is 18.6 Å². The Labute approximate surface area is 115 Å². The van der Waals surface area contributed by atoms with E-state index in [1.807, 2.05) is 57.0 Å². The van der Waals surface area contributed by atoms with E-state index in [1.165, 1.54) is 0 Å². The molecule has 106 valence electrons. The first kappa shape index (κ1) is 15.5. The first-order valence-corrected chi connectivity index (χ1v) is 6.55. The number of carbonyl (C=O) groups excluding carboxylic acids is 1. The number of carbonyl (C=O) groups is 1. The van der Waals surface area contributed by atoms with Crippen molar-refractivity contribution < 1.29 is 14.3 Å². The number of ether oxygens (including phenoxy) is 2. The van der Waals surface area contributed by atoms with Crippen molar-refractivity contribution in [2.75, 3.05) is 26.7 Å². The zero-order chi connectivity index (χ0) is 14.3. The number of likely N-dealkylation sites (N-methyl/N-ethyl adjacent to an activating group) is 1. The molecule has 0 radical (unpaired) electrons. The van der Waals surface area contributed by atoms with Crippen LogP contribution in [-0.2, 0) is 9.53 Å². The van der Waals surface area contributed by atoms with Crippen molar-refractivity contribution >= 4 is 5.97 Å². The summed E-state index contributed by atoms with van der Waals surface area (Å²) < 4.78 is 10.8. The Kier molecular flexibility index (Phi) is 6.36. The summed E-state index contributed by atoms with van der Waals surface area (Å²) in [6.07, 6.45) is -0.0656. The van der Waals surface area contributed by atoms with Gasteiger partial charge in [0, 0.05) is 6.54 Å². The maximum absolute atomic E-state index is 11.4. The molecule has 0 bridgehead atoms. The zero-order valence-electron chi connectivity index (χ0n) is 12.2. The quantitative estimate of drug-likeness (QED) is 0.709. The smallest absolute Gasteiger partial charge is 0.320 e. The second-order valence-corrected chi connectivity index (χ2v) is 4.89. The monoisotopic (exact) mass is 265 g/mol. The lowest BCUT2D eigenvalue weighted by atomic mass is 10.2. The van der Waals surface area contributed by atoms with Gasteiger partial charge in [0.2, 0.25) is 0 Å². The molecule has 0 aliphatic heterocycles. The van der Waals surface area contributed by atoms with Crippen molar-refractivity contribution in [3.63, 3.8) is 0 Å². The van der Waals surface area contributed by atoms with Crippen LogP contribution in [0.1, 0.15) is 19.4 Å². The fourth-order valence-corrected chi connectivity index (χ4v) is 1.63. The maximum atomic E-state index is 11.4. The van der Waals surface area contributed by atoms with E-state index in [2.05, 4.69) is 0 Å². The van der Waals surface area contributed by atoms with Gasteiger partial charge in [0.15, 0.2) is 0 Å². The molecule has 0 saturated carbocycles. The van der Waals surface area contributed by atoms with Gasteiger partial charge in [0.1, 0.15) is 12.4 Å². The highest BCUT2D eigenvalue weighted by molar-refractivity contribution is 5.71. The van der Waals surface area contributed by atoms with Crippen LogP contribution < -0.4 is 4.74 Å². The van der Waals surface area contributed by atoms with Gasteiger partial charge in [-0.1, -0.05) is 18.2 Å². The Morgan fingerprint density at radius 1 is 1.32 bits per heavy atom. The molecule has 0 aliphatic carbocycles. The van der Waals surface area contributed by atoms with Gasteiger partial charge in [-0.15, -0.1) is 0 Å². The molecule has 0 atom stereocenters. The van der Waals surface area contributed by atoms with Crippen LogP contribution in [0.5, 0.6) is 5.75 Å². The molecule has 0 heterocycles. The van der Waals surface area contributed by atoms with Crippen LogP contribution in [0.15, 0.2) is 24.3 Å². The molecule has 0 unspecified atom stereocenters. The van der Waals surface area contributed by atoms with Crippen molar-refractivity contribution in [2.45, 2.75) is 26.9 Å². The van der Waals surface area contributed by atoms with Gasteiger partial charge in [-0.2, -0.15) is 0 Å². The summed E-state index contributed by atoms with van der Waals surface area (Å²) in [7, 11) is 1.88. The molecular formula is C15H23NO3. The number of nitrogens with zero attached hydrogens (tertiary/aromatic N) is 1. The van der Waals surface area contributed by atoms with Crippen LogP contribution in [0.2, 0.25) is 0 Å². The summed E-state index contributed by atoms with van der Waals surface area (Å²) in [5.74, 6) is 0.689. The number of hydrogen-bond donors (Lipinski definition) is 0. The van der Waals surface area contributed by atoms with Crippen LogP contribution in [0.25, 0.3) is 0 Å². The predicted molar refractivity (Wildman–Crippen MR) is 75.4 cm³/mol. The Hall–Kier alpha value is -1.55. The van der Waals surface area contributed by atoms with E-state index < -0.39 is 0 Å². The minimum atomic E-state index is -0.201. The average Bonchev–Trinajstić information content (AvgIpc) is 2.30. The van der Waals surface area contributed by atoms with Gasteiger partial charge in [-0.05, 0) is 39.4 Å². The van der Waals surface area contributed by atoms with Crippen LogP contribution in [-0.4, -0.2) is 43.7 Å². The summed E-state index contributed by atoms with van der Waals surface area (Å²) in [5, 5.41) is 0. The number of aryl methyl sites for hydroxylation is 1. The number of benzene rings is 1. The Morgan fingerprint density at radius 2 is 2.00 bits per heavy atom. The van der Waals surface area contributed by atoms with Crippen LogP contribution in [0.3, 0.4) is 0 Å². The second-order valence-electron chi connectivity index (χ2n) is 4.89. The molecule has 0 amide bonds. The fourth-order valence-electron chi connectivity index (χ4n) is 1.63. The lowest BCUT2D eigenvalue weighted by Gasteiger charge is -2.17. The maximum Gasteiger partial charge on any atom is 0.320 e. The van der Waals surface area contributed by atoms with Crippen LogP contribution in [0.4, 0.5) is 0 Å². The molecule has 4 heteroatoms. The van der Waals surface area contributed by atoms with Gasteiger partial charge in [-0.3, -0.25) is 9.69 Å². The average molecular weight is 265 g/mol. The fraction of sp³-hybridized carbons (Fsp3) is 0.533. The normalized spacial score (nSPS) is 10.8. The van der Waals surface area contributed by atoms with Gasteiger partial charge in [0.05, 0.1) is 12.6 Å². The molecule has 19 heavy (non-hydrogen) atoms. The second kappa shape index (κ2) is 7.79. The molecule has 1 aromatic carbocycles. The third-order valence-corrected chi connectivity index (χ3v) is 2.59. The Morgan fingerprint density at radius 3 is 2.63 bits per heavy atom. The third kappa shape index (κ3) is 6.25. The first-order valence-electron chi connectivity index (χ1n) is 6.55. The van der Waals surface area contributed by atoms with Crippen molar-refractivity contribution in [1.29, 1.82) is 0 Å². The number of para-hydroxylation sites is 1. The molecule has 1 rings (SSSR count). The number of rotatable bonds is 7. The summed E-state index contributed by atoms with van der Waals surface area (Å²) in [5.41, 5.74) is 1.12. The third-order valence-electron chi connectivity index (χ3n) is 2.59. The van der Waals surface area contributed by atoms with Gasteiger partial charge in [0.25, 0.3) is 0 Å². The SMILES string of the molecule is Cc1ccccc1OCCN(C)CC(=O)OC(C)C. The molecule has 0 N–H and O–H groups in total. The highest BCUT2D eigenvalue weighted by Gasteiger charge is 2.09. The van der Waals surface area contributed by atoms with Crippen LogP contribution >= 0.6 is 0 Å². The lowest BCUT2D eigenvalue weighted by Crippen LogP contribution is -2.32. The van der Waals surface area contributed by atoms with Crippen LogP contribution in [0, 0.1) is 6.92 Å². The summed E-state index contributed by atoms with van der Waals surface area (Å²) >= 11 is 0. The summed E-state index contributed by atoms with van der Waals surface area (Å²) in [4.78, 5) is 13.3. The highest BCUT2D eigenvalue weighted by atomic mass is 16.5. The highest BCUT2D eigenvalue weighted by Crippen LogP contribution is 2.15. The lowest BCUT2D eigenvalue weighted by molar-refractivity contribution is -0.148. The van der Waals surface area contributed by atoms with Gasteiger partial charge in [-0.25, -0.2) is 0 Å². The Bertz CT molecular complexity index is 404. The predicted octanol–water partition coefficient (Wildman–Crippen LogP) is 2.26. The van der Waals surface area contributed by atoms with Crippen molar-refractivity contribution in [3.8, 4) is 5.75 Å². The minimum absolute atomic E-state index is 0.0656. The summed E-state index contributed by atoms with van der Waals surface area (Å²) in [6, 6.07) is 7.89. The molecule has 0 saturated heterocycles. The molecule has 0 fully saturated rings. The topological polar surface area (TPSA) is 38.8 Å². The largest absolute Gasteiger partial charge is 0.492 e. The molecule has 1 aromatic rings. The van der Waals surface area contributed by atoms with Gasteiger partial charge < -0.3 is 9.47 Å². The van der Waals surface area contributed by atoms with Crippen molar-refractivity contribution in [1.82, 2.24) is 4.90 Å². The van der Waals surface area contributed by atoms with E-state index in [4.69, 9.17) is 9.47 Å². The van der Waals surface area contributed by atoms with E-state index in [0.29, 0.717) is 13.2 Å². The van der Waals surface area contributed by atoms with Crippen molar-refractivity contribution in [3.05, 3.63) is 29.8 Å². The van der Waals surface area contributed by atoms with Gasteiger partial charge >= 0.3 is 5.97 Å². The minimum Gasteiger partial charge on any atom is -0.492 e. The Balaban J connectivity index is 2.26. The standard InChI is InChI=1S/C15H23NO3/c1-12(2)19-15(17)11-16(4)9-10-18-14-8-6-5-7-13(14)3/h5-8,12H,9-11H2,1-4H3. The zero-order valence-corrected chi connectivity index (χ0v) is 12.2. The molecular weight excluding hydrogens is 242 g/mol. The number of hydrogen-bond acceptors (Lipinski definition) is 4.